The summed E-state index contributed by atoms with van der Waals surface area (Å²) in [6.45, 7) is 5.41. The van der Waals surface area contributed by atoms with Gasteiger partial charge in [0.2, 0.25) is 5.91 Å². The molecule has 13 heavy (non-hydrogen) atoms. The molecule has 1 heterocycles. The van der Waals surface area contributed by atoms with Gasteiger partial charge in [0.05, 0.1) is 18.8 Å². The number of nitrogens with zero attached hydrogens (tertiary/aromatic N) is 1. The minimum atomic E-state index is 0.0464. The van der Waals surface area contributed by atoms with Crippen molar-refractivity contribution < 1.29 is 14.3 Å². The smallest absolute Gasteiger partial charge is 0.248 e. The van der Waals surface area contributed by atoms with E-state index in [1.807, 2.05) is 18.7 Å². The summed E-state index contributed by atoms with van der Waals surface area (Å²) >= 11 is 0. The summed E-state index contributed by atoms with van der Waals surface area (Å²) in [4.78, 5) is 13.3. The van der Waals surface area contributed by atoms with Crippen molar-refractivity contribution in [3.05, 3.63) is 0 Å². The summed E-state index contributed by atoms with van der Waals surface area (Å²) in [5.41, 5.74) is 0. The summed E-state index contributed by atoms with van der Waals surface area (Å²) in [7, 11) is 1.53. The molecule has 0 aromatic rings. The van der Waals surface area contributed by atoms with E-state index in [1.54, 1.807) is 0 Å². The van der Waals surface area contributed by atoms with Crippen LogP contribution in [-0.4, -0.2) is 49.8 Å². The Hall–Kier alpha value is -0.610. The molecule has 1 rings (SSSR count). The molecule has 4 heteroatoms. The average molecular weight is 187 g/mol. The minimum Gasteiger partial charge on any atom is -0.375 e. The Kier molecular flexibility index (Phi) is 3.69. The average Bonchev–Trinajstić information content (AvgIpc) is 2.09. The van der Waals surface area contributed by atoms with Gasteiger partial charge in [0, 0.05) is 13.7 Å². The second kappa shape index (κ2) is 4.58. The lowest BCUT2D eigenvalue weighted by atomic mass is 10.2. The zero-order chi connectivity index (χ0) is 9.84. The lowest BCUT2D eigenvalue weighted by Crippen LogP contribution is -2.51. The number of amides is 1. The number of carbonyl (C=O) groups is 1. The van der Waals surface area contributed by atoms with Gasteiger partial charge in [0.25, 0.3) is 0 Å². The molecule has 2 atom stereocenters. The highest BCUT2D eigenvalue weighted by Gasteiger charge is 2.26. The van der Waals surface area contributed by atoms with Crippen molar-refractivity contribution in [2.24, 2.45) is 0 Å². The molecule has 0 aromatic heterocycles. The van der Waals surface area contributed by atoms with Crippen LogP contribution < -0.4 is 0 Å². The maximum absolute atomic E-state index is 11.5. The van der Waals surface area contributed by atoms with Crippen LogP contribution in [0.15, 0.2) is 0 Å². The topological polar surface area (TPSA) is 38.8 Å². The molecular formula is C9H17NO3. The molecule has 2 unspecified atom stereocenters. The van der Waals surface area contributed by atoms with E-state index >= 15 is 0 Å². The molecule has 1 saturated heterocycles. The Balaban J connectivity index is 2.50. The fourth-order valence-corrected chi connectivity index (χ4v) is 1.46. The van der Waals surface area contributed by atoms with Crippen LogP contribution in [0.5, 0.6) is 0 Å². The maximum Gasteiger partial charge on any atom is 0.248 e. The maximum atomic E-state index is 11.5. The fourth-order valence-electron chi connectivity index (χ4n) is 1.46. The van der Waals surface area contributed by atoms with Crippen LogP contribution in [0.3, 0.4) is 0 Å². The molecule has 0 spiro atoms. The van der Waals surface area contributed by atoms with Gasteiger partial charge < -0.3 is 14.4 Å². The van der Waals surface area contributed by atoms with Gasteiger partial charge in [-0.15, -0.1) is 0 Å². The number of hydrogen-bond acceptors (Lipinski definition) is 3. The molecular weight excluding hydrogens is 170 g/mol. The first-order chi connectivity index (χ1) is 6.15. The lowest BCUT2D eigenvalue weighted by molar-refractivity contribution is -0.147. The largest absolute Gasteiger partial charge is 0.375 e. The number of morpholine rings is 1. The molecule has 0 N–H and O–H groups in total. The van der Waals surface area contributed by atoms with Gasteiger partial charge in [-0.3, -0.25) is 4.79 Å². The monoisotopic (exact) mass is 187 g/mol. The Labute approximate surface area is 78.8 Å². The molecule has 0 saturated carbocycles. The second-order valence-electron chi connectivity index (χ2n) is 3.47. The van der Waals surface area contributed by atoms with Gasteiger partial charge in [-0.2, -0.15) is 0 Å². The molecule has 1 aliphatic rings. The molecule has 1 fully saturated rings. The van der Waals surface area contributed by atoms with Crippen molar-refractivity contribution in [3.8, 4) is 0 Å². The minimum absolute atomic E-state index is 0.0464. The summed E-state index contributed by atoms with van der Waals surface area (Å²) in [5, 5.41) is 0. The van der Waals surface area contributed by atoms with E-state index in [2.05, 4.69) is 0 Å². The quantitative estimate of drug-likeness (QED) is 0.623. The number of ether oxygens (including phenoxy) is 2. The van der Waals surface area contributed by atoms with Crippen LogP contribution in [-0.2, 0) is 14.3 Å². The highest BCUT2D eigenvalue weighted by atomic mass is 16.5. The standard InChI is InChI=1S/C9H17NO3/c1-7-5-13-8(2)4-10(7)9(11)6-12-3/h7-8H,4-6H2,1-3H3. The molecule has 0 aromatic carbocycles. The molecule has 0 bridgehead atoms. The third-order valence-corrected chi connectivity index (χ3v) is 2.20. The van der Waals surface area contributed by atoms with E-state index in [0.717, 1.165) is 0 Å². The van der Waals surface area contributed by atoms with Crippen LogP contribution in [0, 0.1) is 0 Å². The summed E-state index contributed by atoms with van der Waals surface area (Å²) in [5.74, 6) is 0.0464. The Morgan fingerprint density at radius 3 is 2.92 bits per heavy atom. The second-order valence-corrected chi connectivity index (χ2v) is 3.47. The molecule has 1 amide bonds. The van der Waals surface area contributed by atoms with Crippen molar-refractivity contribution in [2.75, 3.05) is 26.9 Å². The summed E-state index contributed by atoms with van der Waals surface area (Å²) < 4.78 is 10.2. The van der Waals surface area contributed by atoms with Crippen LogP contribution >= 0.6 is 0 Å². The van der Waals surface area contributed by atoms with E-state index in [-0.39, 0.29) is 24.7 Å². The summed E-state index contributed by atoms with van der Waals surface area (Å²) in [6.07, 6.45) is 0.136. The van der Waals surface area contributed by atoms with Crippen molar-refractivity contribution in [2.45, 2.75) is 26.0 Å². The highest BCUT2D eigenvalue weighted by molar-refractivity contribution is 5.77. The molecule has 0 radical (unpaired) electrons. The van der Waals surface area contributed by atoms with Gasteiger partial charge in [-0.05, 0) is 13.8 Å². The SMILES string of the molecule is COCC(=O)N1CC(C)OCC1C. The van der Waals surface area contributed by atoms with Crippen molar-refractivity contribution >= 4 is 5.91 Å². The highest BCUT2D eigenvalue weighted by Crippen LogP contribution is 2.11. The van der Waals surface area contributed by atoms with E-state index < -0.39 is 0 Å². The van der Waals surface area contributed by atoms with E-state index in [0.29, 0.717) is 13.2 Å². The normalized spacial score (nSPS) is 29.0. The zero-order valence-corrected chi connectivity index (χ0v) is 8.45. The van der Waals surface area contributed by atoms with Crippen molar-refractivity contribution in [1.82, 2.24) is 4.90 Å². The van der Waals surface area contributed by atoms with Gasteiger partial charge >= 0.3 is 0 Å². The van der Waals surface area contributed by atoms with Gasteiger partial charge in [-0.25, -0.2) is 0 Å². The van der Waals surface area contributed by atoms with Crippen LogP contribution in [0.2, 0.25) is 0 Å². The van der Waals surface area contributed by atoms with Gasteiger partial charge in [0.1, 0.15) is 6.61 Å². The third-order valence-electron chi connectivity index (χ3n) is 2.20. The lowest BCUT2D eigenvalue weighted by Gasteiger charge is -2.36. The first kappa shape index (κ1) is 10.5. The van der Waals surface area contributed by atoms with E-state index in [4.69, 9.17) is 9.47 Å². The van der Waals surface area contributed by atoms with Crippen LogP contribution in [0.4, 0.5) is 0 Å². The number of hydrogen-bond donors (Lipinski definition) is 0. The number of rotatable bonds is 2. The first-order valence-corrected chi connectivity index (χ1v) is 4.55. The Morgan fingerprint density at radius 2 is 2.31 bits per heavy atom. The molecule has 76 valence electrons. The predicted molar refractivity (Wildman–Crippen MR) is 48.5 cm³/mol. The third kappa shape index (κ3) is 2.67. The first-order valence-electron chi connectivity index (χ1n) is 4.55. The van der Waals surface area contributed by atoms with E-state index in [9.17, 15) is 4.79 Å². The fraction of sp³-hybridized carbons (Fsp3) is 0.889. The zero-order valence-electron chi connectivity index (χ0n) is 8.45. The van der Waals surface area contributed by atoms with Crippen molar-refractivity contribution in [1.29, 1.82) is 0 Å². The molecule has 1 aliphatic heterocycles. The van der Waals surface area contributed by atoms with Crippen molar-refractivity contribution in [3.63, 3.8) is 0 Å². The number of methoxy groups -OCH3 is 1. The Bertz CT molecular complexity index is 184. The van der Waals surface area contributed by atoms with Gasteiger partial charge in [-0.1, -0.05) is 0 Å². The number of carbonyl (C=O) groups excluding carboxylic acids is 1. The van der Waals surface area contributed by atoms with Crippen LogP contribution in [0.1, 0.15) is 13.8 Å². The van der Waals surface area contributed by atoms with E-state index in [1.165, 1.54) is 7.11 Å². The summed E-state index contributed by atoms with van der Waals surface area (Å²) in [6, 6.07) is 0.166. The van der Waals surface area contributed by atoms with Gasteiger partial charge in [0.15, 0.2) is 0 Å². The Morgan fingerprint density at radius 1 is 1.62 bits per heavy atom. The molecule has 4 nitrogen and oxygen atoms in total. The predicted octanol–water partition coefficient (Wildman–Crippen LogP) is 0.269. The van der Waals surface area contributed by atoms with Crippen LogP contribution in [0.25, 0.3) is 0 Å². The molecule has 0 aliphatic carbocycles.